The minimum absolute atomic E-state index is 0.178. The molecule has 2 fully saturated rings. The highest BCUT2D eigenvalue weighted by Crippen LogP contribution is 2.38. The molecule has 3 unspecified atom stereocenters. The summed E-state index contributed by atoms with van der Waals surface area (Å²) in [6.07, 6.45) is 7.54. The first-order valence-corrected chi connectivity index (χ1v) is 9.24. The summed E-state index contributed by atoms with van der Waals surface area (Å²) in [5, 5.41) is 1.24. The van der Waals surface area contributed by atoms with Crippen LogP contribution in [0.2, 0.25) is 0 Å². The van der Waals surface area contributed by atoms with Crippen molar-refractivity contribution >= 4 is 16.5 Å². The van der Waals surface area contributed by atoms with Crippen LogP contribution in [0.15, 0.2) is 0 Å². The van der Waals surface area contributed by atoms with E-state index in [0.29, 0.717) is 0 Å². The van der Waals surface area contributed by atoms with Gasteiger partial charge in [0.25, 0.3) is 0 Å². The Hall–Kier alpha value is -0.650. The topological polar surface area (TPSA) is 45.4 Å². The molecule has 116 valence electrons. The van der Waals surface area contributed by atoms with Crippen LogP contribution in [-0.4, -0.2) is 42.6 Å². The number of likely N-dealkylation sites (tertiary alicyclic amines) is 1. The van der Waals surface area contributed by atoms with Gasteiger partial charge >= 0.3 is 0 Å². The van der Waals surface area contributed by atoms with Crippen molar-refractivity contribution in [1.82, 2.24) is 9.88 Å². The predicted molar refractivity (Wildman–Crippen MR) is 88.0 cm³/mol. The molecule has 0 saturated carbocycles. The number of aromatic nitrogens is 1. The standard InChI is InChI=1S/C16H26N4S/c1-19-8-3-4-11-10-20(9-7-13(11)19)16-18-15-12(17)5-2-6-14(15)21-16/h11-13H,2-10,17H2,1H3. The molecular formula is C16H26N4S. The van der Waals surface area contributed by atoms with Gasteiger partial charge in [-0.1, -0.05) is 0 Å². The molecule has 1 aromatic heterocycles. The monoisotopic (exact) mass is 306 g/mol. The second-order valence-electron chi connectivity index (χ2n) is 6.99. The SMILES string of the molecule is CN1CCCC2CN(c3nc4c(s3)CCCC4N)CCC21. The fourth-order valence-corrected chi connectivity index (χ4v) is 5.61. The molecule has 2 aliphatic heterocycles. The zero-order valence-corrected chi connectivity index (χ0v) is 13.7. The van der Waals surface area contributed by atoms with Gasteiger partial charge < -0.3 is 15.5 Å². The van der Waals surface area contributed by atoms with Gasteiger partial charge in [-0.15, -0.1) is 11.3 Å². The van der Waals surface area contributed by atoms with E-state index in [0.717, 1.165) is 24.9 Å². The van der Waals surface area contributed by atoms with Gasteiger partial charge in [-0.25, -0.2) is 4.98 Å². The van der Waals surface area contributed by atoms with Gasteiger partial charge in [0.05, 0.1) is 5.69 Å². The lowest BCUT2D eigenvalue weighted by Crippen LogP contribution is -2.52. The van der Waals surface area contributed by atoms with Crippen molar-refractivity contribution in [2.45, 2.75) is 50.6 Å². The minimum Gasteiger partial charge on any atom is -0.348 e. The van der Waals surface area contributed by atoms with Gasteiger partial charge in [0, 0.05) is 30.1 Å². The number of rotatable bonds is 1. The summed E-state index contributed by atoms with van der Waals surface area (Å²) in [5.41, 5.74) is 7.43. The van der Waals surface area contributed by atoms with Crippen LogP contribution in [0, 0.1) is 5.92 Å². The molecule has 2 saturated heterocycles. The quantitative estimate of drug-likeness (QED) is 0.865. The van der Waals surface area contributed by atoms with E-state index in [-0.39, 0.29) is 6.04 Å². The van der Waals surface area contributed by atoms with Crippen LogP contribution in [0.5, 0.6) is 0 Å². The molecule has 0 radical (unpaired) electrons. The van der Waals surface area contributed by atoms with E-state index < -0.39 is 0 Å². The van der Waals surface area contributed by atoms with Crippen molar-refractivity contribution in [1.29, 1.82) is 0 Å². The normalized spacial score (nSPS) is 33.6. The minimum atomic E-state index is 0.178. The largest absolute Gasteiger partial charge is 0.348 e. The molecule has 1 aliphatic carbocycles. The van der Waals surface area contributed by atoms with E-state index in [1.807, 2.05) is 11.3 Å². The van der Waals surface area contributed by atoms with Crippen LogP contribution < -0.4 is 10.6 Å². The average Bonchev–Trinajstić information content (AvgIpc) is 2.93. The number of hydrogen-bond acceptors (Lipinski definition) is 5. The van der Waals surface area contributed by atoms with Crippen molar-refractivity contribution < 1.29 is 0 Å². The molecule has 0 bridgehead atoms. The Kier molecular flexibility index (Phi) is 3.67. The van der Waals surface area contributed by atoms with Crippen molar-refractivity contribution in [3.8, 4) is 0 Å². The highest BCUT2D eigenvalue weighted by atomic mass is 32.1. The van der Waals surface area contributed by atoms with E-state index in [9.17, 15) is 0 Å². The third-order valence-electron chi connectivity index (χ3n) is 5.60. The predicted octanol–water partition coefficient (Wildman–Crippen LogP) is 2.40. The third kappa shape index (κ3) is 2.49. The van der Waals surface area contributed by atoms with Crippen molar-refractivity contribution in [2.24, 2.45) is 11.7 Å². The molecular weight excluding hydrogens is 280 g/mol. The highest BCUT2D eigenvalue weighted by molar-refractivity contribution is 7.15. The number of hydrogen-bond donors (Lipinski definition) is 1. The Bertz CT molecular complexity index is 514. The number of fused-ring (bicyclic) bond motifs is 2. The van der Waals surface area contributed by atoms with Crippen LogP contribution in [0.3, 0.4) is 0 Å². The van der Waals surface area contributed by atoms with Gasteiger partial charge in [-0.3, -0.25) is 0 Å². The Morgan fingerprint density at radius 1 is 1.19 bits per heavy atom. The summed E-state index contributed by atoms with van der Waals surface area (Å²) in [7, 11) is 2.30. The maximum atomic E-state index is 6.23. The van der Waals surface area contributed by atoms with Gasteiger partial charge in [0.15, 0.2) is 5.13 Å². The van der Waals surface area contributed by atoms with E-state index >= 15 is 0 Å². The van der Waals surface area contributed by atoms with Gasteiger partial charge in [0.2, 0.25) is 0 Å². The molecule has 0 spiro atoms. The molecule has 3 aliphatic rings. The number of aryl methyl sites for hydroxylation is 1. The third-order valence-corrected chi connectivity index (χ3v) is 6.79. The summed E-state index contributed by atoms with van der Waals surface area (Å²) < 4.78 is 0. The van der Waals surface area contributed by atoms with Crippen molar-refractivity contribution in [3.05, 3.63) is 10.6 Å². The molecule has 2 N–H and O–H groups in total. The Balaban J connectivity index is 1.52. The molecule has 5 heteroatoms. The maximum Gasteiger partial charge on any atom is 0.185 e. The summed E-state index contributed by atoms with van der Waals surface area (Å²) in [4.78, 5) is 11.5. The Labute approximate surface area is 131 Å². The first-order chi connectivity index (χ1) is 10.2. The lowest BCUT2D eigenvalue weighted by Gasteiger charge is -2.45. The first kappa shape index (κ1) is 14.0. The van der Waals surface area contributed by atoms with Crippen LogP contribution in [-0.2, 0) is 6.42 Å². The second-order valence-corrected chi connectivity index (χ2v) is 8.05. The smallest absolute Gasteiger partial charge is 0.185 e. The fourth-order valence-electron chi connectivity index (χ4n) is 4.40. The van der Waals surface area contributed by atoms with E-state index in [2.05, 4.69) is 16.8 Å². The molecule has 4 rings (SSSR count). The maximum absolute atomic E-state index is 6.23. The summed E-state index contributed by atoms with van der Waals surface area (Å²) in [5.74, 6) is 0.826. The number of nitrogens with zero attached hydrogens (tertiary/aromatic N) is 3. The number of thiazole rings is 1. The van der Waals surface area contributed by atoms with Gasteiger partial charge in [0.1, 0.15) is 0 Å². The lowest BCUT2D eigenvalue weighted by molar-refractivity contribution is 0.102. The van der Waals surface area contributed by atoms with Crippen LogP contribution >= 0.6 is 11.3 Å². The second kappa shape index (κ2) is 5.52. The Morgan fingerprint density at radius 2 is 2.10 bits per heavy atom. The average molecular weight is 306 g/mol. The number of anilines is 1. The van der Waals surface area contributed by atoms with Crippen LogP contribution in [0.4, 0.5) is 5.13 Å². The summed E-state index contributed by atoms with van der Waals surface area (Å²) >= 11 is 1.91. The number of piperidine rings is 2. The molecule has 0 aromatic carbocycles. The van der Waals surface area contributed by atoms with Crippen LogP contribution in [0.1, 0.15) is 48.7 Å². The van der Waals surface area contributed by atoms with Gasteiger partial charge in [-0.05, 0) is 58.0 Å². The summed E-state index contributed by atoms with van der Waals surface area (Å²) in [6.45, 7) is 3.63. The number of nitrogens with two attached hydrogens (primary N) is 1. The van der Waals surface area contributed by atoms with E-state index in [1.54, 1.807) is 0 Å². The van der Waals surface area contributed by atoms with Crippen molar-refractivity contribution in [2.75, 3.05) is 31.6 Å². The molecule has 3 atom stereocenters. The van der Waals surface area contributed by atoms with Gasteiger partial charge in [-0.2, -0.15) is 0 Å². The van der Waals surface area contributed by atoms with Crippen molar-refractivity contribution in [3.63, 3.8) is 0 Å². The molecule has 0 amide bonds. The van der Waals surface area contributed by atoms with E-state index in [1.165, 1.54) is 60.9 Å². The zero-order chi connectivity index (χ0) is 14.4. The first-order valence-electron chi connectivity index (χ1n) is 8.43. The Morgan fingerprint density at radius 3 is 2.95 bits per heavy atom. The molecule has 3 heterocycles. The molecule has 21 heavy (non-hydrogen) atoms. The fraction of sp³-hybridized carbons (Fsp3) is 0.812. The van der Waals surface area contributed by atoms with Crippen LogP contribution in [0.25, 0.3) is 0 Å². The zero-order valence-electron chi connectivity index (χ0n) is 12.9. The summed E-state index contributed by atoms with van der Waals surface area (Å²) in [6, 6.07) is 0.976. The van der Waals surface area contributed by atoms with E-state index in [4.69, 9.17) is 10.7 Å². The molecule has 4 nitrogen and oxygen atoms in total. The lowest BCUT2D eigenvalue weighted by atomic mass is 9.84. The highest BCUT2D eigenvalue weighted by Gasteiger charge is 2.35. The molecule has 1 aromatic rings.